The molecular weight excluding hydrogens is 305 g/mol. The molecule has 0 saturated heterocycles. The minimum atomic E-state index is -0.118. The van der Waals surface area contributed by atoms with Gasteiger partial charge in [0.05, 0.1) is 0 Å². The number of halogens is 2. The molecule has 0 spiro atoms. The van der Waals surface area contributed by atoms with Gasteiger partial charge in [0.2, 0.25) is 0 Å². The van der Waals surface area contributed by atoms with Gasteiger partial charge in [0.1, 0.15) is 5.82 Å². The van der Waals surface area contributed by atoms with Gasteiger partial charge in [-0.25, -0.2) is 4.39 Å². The molecule has 3 aliphatic rings. The standard InChI is InChI=1S/C16H19BrFN/c17-11-3-4-12(18)10(6-11)7-13(19)16-14-8-1-2-9(5-8)15(14)16/h3-4,6,8-9,13-16H,1-2,5,7,19H2. The Balaban J connectivity index is 1.48. The van der Waals surface area contributed by atoms with Crippen LogP contribution in [0.4, 0.5) is 4.39 Å². The maximum absolute atomic E-state index is 13.8. The highest BCUT2D eigenvalue weighted by Gasteiger charge is 2.66. The van der Waals surface area contributed by atoms with Crippen molar-refractivity contribution in [2.75, 3.05) is 0 Å². The molecule has 3 fully saturated rings. The first-order valence-electron chi connectivity index (χ1n) is 7.34. The maximum atomic E-state index is 13.8. The molecule has 5 unspecified atom stereocenters. The second-order valence-electron chi connectivity index (χ2n) is 6.67. The van der Waals surface area contributed by atoms with Crippen LogP contribution in [-0.2, 0) is 6.42 Å². The Morgan fingerprint density at radius 1 is 1.26 bits per heavy atom. The lowest BCUT2D eigenvalue weighted by atomic mass is 9.94. The fourth-order valence-corrected chi connectivity index (χ4v) is 5.46. The summed E-state index contributed by atoms with van der Waals surface area (Å²) >= 11 is 3.41. The van der Waals surface area contributed by atoms with Crippen molar-refractivity contribution in [3.63, 3.8) is 0 Å². The van der Waals surface area contributed by atoms with Crippen molar-refractivity contribution < 1.29 is 4.39 Å². The number of fused-ring (bicyclic) bond motifs is 5. The van der Waals surface area contributed by atoms with E-state index in [1.165, 1.54) is 25.3 Å². The van der Waals surface area contributed by atoms with E-state index in [4.69, 9.17) is 5.73 Å². The van der Waals surface area contributed by atoms with E-state index in [0.717, 1.165) is 33.7 Å². The first-order valence-corrected chi connectivity index (χ1v) is 8.14. The zero-order valence-corrected chi connectivity index (χ0v) is 12.4. The summed E-state index contributed by atoms with van der Waals surface area (Å²) in [6, 6.07) is 5.30. The molecule has 5 atom stereocenters. The molecule has 2 bridgehead atoms. The zero-order chi connectivity index (χ0) is 13.1. The van der Waals surface area contributed by atoms with Crippen molar-refractivity contribution >= 4 is 15.9 Å². The number of rotatable bonds is 3. The van der Waals surface area contributed by atoms with Crippen LogP contribution in [0.15, 0.2) is 22.7 Å². The number of nitrogens with two attached hydrogens (primary N) is 1. The highest BCUT2D eigenvalue weighted by Crippen LogP contribution is 2.70. The highest BCUT2D eigenvalue weighted by molar-refractivity contribution is 9.10. The smallest absolute Gasteiger partial charge is 0.126 e. The van der Waals surface area contributed by atoms with Crippen molar-refractivity contribution in [3.05, 3.63) is 34.1 Å². The van der Waals surface area contributed by atoms with Gasteiger partial charge in [-0.3, -0.25) is 0 Å². The summed E-state index contributed by atoms with van der Waals surface area (Å²) < 4.78 is 14.7. The molecular formula is C16H19BrFN. The second-order valence-corrected chi connectivity index (χ2v) is 7.58. The molecule has 0 heterocycles. The van der Waals surface area contributed by atoms with Crippen LogP contribution in [-0.4, -0.2) is 6.04 Å². The third-order valence-electron chi connectivity index (χ3n) is 5.75. The summed E-state index contributed by atoms with van der Waals surface area (Å²) in [5.41, 5.74) is 7.15. The second kappa shape index (κ2) is 4.29. The quantitative estimate of drug-likeness (QED) is 0.900. The van der Waals surface area contributed by atoms with Crippen molar-refractivity contribution in [1.82, 2.24) is 0 Å². The summed E-state index contributed by atoms with van der Waals surface area (Å²) in [6.45, 7) is 0. The van der Waals surface area contributed by atoms with Gasteiger partial charge in [-0.1, -0.05) is 15.9 Å². The van der Waals surface area contributed by atoms with E-state index < -0.39 is 0 Å². The zero-order valence-electron chi connectivity index (χ0n) is 10.9. The van der Waals surface area contributed by atoms with Crippen LogP contribution in [0.1, 0.15) is 24.8 Å². The summed E-state index contributed by atoms with van der Waals surface area (Å²) in [4.78, 5) is 0. The van der Waals surface area contributed by atoms with Gasteiger partial charge < -0.3 is 5.73 Å². The van der Waals surface area contributed by atoms with E-state index >= 15 is 0 Å². The molecule has 0 radical (unpaired) electrons. The maximum Gasteiger partial charge on any atom is 0.126 e. The Hall–Kier alpha value is -0.410. The van der Waals surface area contributed by atoms with Gasteiger partial charge >= 0.3 is 0 Å². The van der Waals surface area contributed by atoms with E-state index in [0.29, 0.717) is 12.3 Å². The van der Waals surface area contributed by atoms with E-state index in [-0.39, 0.29) is 11.9 Å². The lowest BCUT2D eigenvalue weighted by molar-refractivity contribution is 0.407. The molecule has 3 heteroatoms. The third kappa shape index (κ3) is 1.89. The molecule has 0 aromatic heterocycles. The van der Waals surface area contributed by atoms with Crippen LogP contribution in [0.25, 0.3) is 0 Å². The Labute approximate surface area is 121 Å². The monoisotopic (exact) mass is 323 g/mol. The number of hydrogen-bond acceptors (Lipinski definition) is 1. The van der Waals surface area contributed by atoms with Crippen LogP contribution < -0.4 is 5.73 Å². The van der Waals surface area contributed by atoms with Crippen LogP contribution in [0.2, 0.25) is 0 Å². The molecule has 2 N–H and O–H groups in total. The first-order chi connectivity index (χ1) is 9.15. The minimum absolute atomic E-state index is 0.118. The highest BCUT2D eigenvalue weighted by atomic mass is 79.9. The SMILES string of the molecule is NC(Cc1cc(Br)ccc1F)C1C2C3CCC(C3)C12. The fourth-order valence-electron chi connectivity index (χ4n) is 5.05. The van der Waals surface area contributed by atoms with Gasteiger partial charge in [-0.15, -0.1) is 0 Å². The Kier molecular flexibility index (Phi) is 2.79. The number of benzene rings is 1. The Morgan fingerprint density at radius 2 is 1.95 bits per heavy atom. The Morgan fingerprint density at radius 3 is 2.63 bits per heavy atom. The third-order valence-corrected chi connectivity index (χ3v) is 6.25. The topological polar surface area (TPSA) is 26.0 Å². The number of hydrogen-bond donors (Lipinski definition) is 1. The molecule has 19 heavy (non-hydrogen) atoms. The summed E-state index contributed by atoms with van der Waals surface area (Å²) in [6.07, 6.45) is 4.97. The molecule has 0 aliphatic heterocycles. The van der Waals surface area contributed by atoms with Gasteiger partial charge in [-0.2, -0.15) is 0 Å². The molecule has 3 aliphatic carbocycles. The average molecular weight is 324 g/mol. The van der Waals surface area contributed by atoms with E-state index in [2.05, 4.69) is 15.9 Å². The van der Waals surface area contributed by atoms with Crippen LogP contribution in [0.3, 0.4) is 0 Å². The largest absolute Gasteiger partial charge is 0.327 e. The molecule has 102 valence electrons. The molecule has 1 nitrogen and oxygen atoms in total. The predicted molar refractivity (Wildman–Crippen MR) is 77.1 cm³/mol. The van der Waals surface area contributed by atoms with Crippen LogP contribution >= 0.6 is 15.9 Å². The van der Waals surface area contributed by atoms with Crippen LogP contribution in [0.5, 0.6) is 0 Å². The normalized spacial score (nSPS) is 40.3. The molecule has 3 saturated carbocycles. The average Bonchev–Trinajstić information content (AvgIpc) is 2.83. The summed E-state index contributed by atoms with van der Waals surface area (Å²) in [7, 11) is 0. The van der Waals surface area contributed by atoms with Crippen molar-refractivity contribution in [1.29, 1.82) is 0 Å². The molecule has 0 amide bonds. The molecule has 1 aromatic rings. The minimum Gasteiger partial charge on any atom is -0.327 e. The van der Waals surface area contributed by atoms with Crippen molar-refractivity contribution in [3.8, 4) is 0 Å². The predicted octanol–water partition coefficient (Wildman–Crippen LogP) is 3.75. The van der Waals surface area contributed by atoms with E-state index in [1.54, 1.807) is 6.07 Å². The van der Waals surface area contributed by atoms with Crippen molar-refractivity contribution in [2.24, 2.45) is 35.3 Å². The lowest BCUT2D eigenvalue weighted by Gasteiger charge is -2.16. The van der Waals surface area contributed by atoms with Crippen molar-refractivity contribution in [2.45, 2.75) is 31.7 Å². The van der Waals surface area contributed by atoms with Gasteiger partial charge in [0, 0.05) is 10.5 Å². The first kappa shape index (κ1) is 12.3. The lowest BCUT2D eigenvalue weighted by Crippen LogP contribution is -2.29. The van der Waals surface area contributed by atoms with E-state index in [9.17, 15) is 4.39 Å². The van der Waals surface area contributed by atoms with Gasteiger partial charge in [0.25, 0.3) is 0 Å². The summed E-state index contributed by atoms with van der Waals surface area (Å²) in [5, 5.41) is 0. The van der Waals surface area contributed by atoms with Gasteiger partial charge in [0.15, 0.2) is 0 Å². The molecule has 4 rings (SSSR count). The summed E-state index contributed by atoms with van der Waals surface area (Å²) in [5.74, 6) is 4.20. The molecule has 1 aromatic carbocycles. The Bertz CT molecular complexity index is 501. The van der Waals surface area contributed by atoms with Gasteiger partial charge in [-0.05, 0) is 79.0 Å². The fraction of sp³-hybridized carbons (Fsp3) is 0.625. The van der Waals surface area contributed by atoms with E-state index in [1.807, 2.05) is 6.07 Å². The van der Waals surface area contributed by atoms with Crippen LogP contribution in [0, 0.1) is 35.4 Å².